The predicted molar refractivity (Wildman–Crippen MR) is 86.0 cm³/mol. The number of rotatable bonds is 14. The lowest BCUT2D eigenvalue weighted by Crippen LogP contribution is -2.12. The van der Waals surface area contributed by atoms with Gasteiger partial charge in [-0.25, -0.2) is 8.42 Å². The van der Waals surface area contributed by atoms with Gasteiger partial charge in [-0.15, -0.1) is 0 Å². The summed E-state index contributed by atoms with van der Waals surface area (Å²) >= 11 is 5.14. The van der Waals surface area contributed by atoms with Gasteiger partial charge in [-0.2, -0.15) is 0 Å². The third-order valence-corrected chi connectivity index (χ3v) is 5.34. The number of sulfone groups is 1. The number of unbranched alkanes of at least 4 members (excludes halogenated alkanes) is 9. The van der Waals surface area contributed by atoms with Crippen molar-refractivity contribution in [2.45, 2.75) is 77.6 Å². The lowest BCUT2D eigenvalue weighted by Gasteiger charge is -2.03. The van der Waals surface area contributed by atoms with Crippen molar-refractivity contribution < 1.29 is 13.2 Å². The van der Waals surface area contributed by atoms with Crippen molar-refractivity contribution in [3.8, 4) is 0 Å². The zero-order valence-corrected chi connectivity index (χ0v) is 14.3. The molecular weight excluding hydrogens is 296 g/mol. The molecule has 0 fully saturated rings. The molecule has 0 amide bonds. The molecule has 0 aliphatic rings. The van der Waals surface area contributed by atoms with Crippen LogP contribution in [0.25, 0.3) is 0 Å². The summed E-state index contributed by atoms with van der Waals surface area (Å²) in [4.78, 5) is 10.5. The fourth-order valence-corrected chi connectivity index (χ4v) is 3.70. The van der Waals surface area contributed by atoms with E-state index < -0.39 is 15.1 Å². The van der Waals surface area contributed by atoms with Crippen LogP contribution < -0.4 is 0 Å². The van der Waals surface area contributed by atoms with Gasteiger partial charge in [0.25, 0.3) is 0 Å². The normalized spacial score (nSPS) is 11.7. The molecule has 120 valence electrons. The lowest BCUT2D eigenvalue weighted by molar-refractivity contribution is -0.111. The summed E-state index contributed by atoms with van der Waals surface area (Å²) in [7, 11) is -3.09. The Hall–Kier alpha value is -0.0900. The van der Waals surface area contributed by atoms with E-state index in [2.05, 4.69) is 6.92 Å². The summed E-state index contributed by atoms with van der Waals surface area (Å²) in [5.74, 6) is 0.0838. The first-order chi connectivity index (χ1) is 9.48. The van der Waals surface area contributed by atoms with Gasteiger partial charge in [-0.3, -0.25) is 4.79 Å². The number of carbonyl (C=O) groups excluding carboxylic acids is 1. The van der Waals surface area contributed by atoms with E-state index in [-0.39, 0.29) is 17.9 Å². The molecule has 20 heavy (non-hydrogen) atoms. The van der Waals surface area contributed by atoms with E-state index in [4.69, 9.17) is 11.6 Å². The lowest BCUT2D eigenvalue weighted by atomic mass is 10.1. The van der Waals surface area contributed by atoms with Crippen LogP contribution in [0.4, 0.5) is 0 Å². The summed E-state index contributed by atoms with van der Waals surface area (Å²) in [6.07, 6.45) is 11.8. The van der Waals surface area contributed by atoms with Crippen LogP contribution in [0.1, 0.15) is 77.6 Å². The zero-order chi connectivity index (χ0) is 15.3. The molecule has 0 radical (unpaired) electrons. The monoisotopic (exact) mass is 324 g/mol. The zero-order valence-electron chi connectivity index (χ0n) is 12.7. The average molecular weight is 325 g/mol. The molecular formula is C15H29ClO3S. The average Bonchev–Trinajstić information content (AvgIpc) is 2.39. The first-order valence-electron chi connectivity index (χ1n) is 7.86. The van der Waals surface area contributed by atoms with Gasteiger partial charge in [0.2, 0.25) is 5.24 Å². The Labute approximate surface area is 129 Å². The Morgan fingerprint density at radius 1 is 0.800 bits per heavy atom. The summed E-state index contributed by atoms with van der Waals surface area (Å²) in [6, 6.07) is 0. The molecule has 0 atom stereocenters. The SMILES string of the molecule is CCCCCCCCCCCCS(=O)(=O)CCC(=O)Cl. The molecule has 0 unspecified atom stereocenters. The van der Waals surface area contributed by atoms with Crippen molar-refractivity contribution in [1.29, 1.82) is 0 Å². The van der Waals surface area contributed by atoms with Crippen LogP contribution >= 0.6 is 11.6 Å². The van der Waals surface area contributed by atoms with Crippen molar-refractivity contribution in [1.82, 2.24) is 0 Å². The number of carbonyl (C=O) groups is 1. The van der Waals surface area contributed by atoms with Crippen LogP contribution in [-0.2, 0) is 14.6 Å². The van der Waals surface area contributed by atoms with E-state index in [1.807, 2.05) is 0 Å². The third kappa shape index (κ3) is 14.3. The van der Waals surface area contributed by atoms with Crippen molar-refractivity contribution in [3.63, 3.8) is 0 Å². The highest BCUT2D eigenvalue weighted by Crippen LogP contribution is 2.11. The van der Waals surface area contributed by atoms with Gasteiger partial charge in [0, 0.05) is 6.42 Å². The van der Waals surface area contributed by atoms with E-state index in [1.54, 1.807) is 0 Å². The molecule has 0 saturated carbocycles. The van der Waals surface area contributed by atoms with Crippen LogP contribution in [0.3, 0.4) is 0 Å². The van der Waals surface area contributed by atoms with Gasteiger partial charge >= 0.3 is 0 Å². The smallest absolute Gasteiger partial charge is 0.222 e. The summed E-state index contributed by atoms with van der Waals surface area (Å²) in [5, 5.41) is -0.573. The van der Waals surface area contributed by atoms with Gasteiger partial charge in [-0.05, 0) is 18.0 Å². The fourth-order valence-electron chi connectivity index (χ4n) is 2.15. The van der Waals surface area contributed by atoms with Gasteiger partial charge in [0.1, 0.15) is 0 Å². The Morgan fingerprint density at radius 3 is 1.70 bits per heavy atom. The molecule has 0 heterocycles. The predicted octanol–water partition coefficient (Wildman–Crippen LogP) is 4.48. The Bertz CT molecular complexity index is 339. The highest BCUT2D eigenvalue weighted by Gasteiger charge is 2.11. The quantitative estimate of drug-likeness (QED) is 0.350. The maximum atomic E-state index is 11.6. The van der Waals surface area contributed by atoms with Crippen LogP contribution in [-0.4, -0.2) is 25.2 Å². The van der Waals surface area contributed by atoms with E-state index in [0.29, 0.717) is 6.42 Å². The third-order valence-electron chi connectivity index (χ3n) is 3.42. The molecule has 0 aromatic heterocycles. The summed E-state index contributed by atoms with van der Waals surface area (Å²) in [5.41, 5.74) is 0. The van der Waals surface area contributed by atoms with Crippen LogP contribution in [0.5, 0.6) is 0 Å². The molecule has 0 aliphatic heterocycles. The second kappa shape index (κ2) is 12.6. The molecule has 3 nitrogen and oxygen atoms in total. The summed E-state index contributed by atoms with van der Waals surface area (Å²) < 4.78 is 23.1. The topological polar surface area (TPSA) is 51.2 Å². The minimum Gasteiger partial charge on any atom is -0.281 e. The largest absolute Gasteiger partial charge is 0.281 e. The van der Waals surface area contributed by atoms with Gasteiger partial charge < -0.3 is 0 Å². The molecule has 0 aromatic rings. The van der Waals surface area contributed by atoms with Crippen LogP contribution in [0.2, 0.25) is 0 Å². The molecule has 0 rings (SSSR count). The fraction of sp³-hybridized carbons (Fsp3) is 0.933. The molecule has 0 saturated heterocycles. The number of hydrogen-bond donors (Lipinski definition) is 0. The minimum atomic E-state index is -3.09. The maximum Gasteiger partial charge on any atom is 0.222 e. The molecule has 0 aromatic carbocycles. The summed E-state index contributed by atoms with van der Waals surface area (Å²) in [6.45, 7) is 2.22. The Morgan fingerprint density at radius 2 is 1.25 bits per heavy atom. The van der Waals surface area contributed by atoms with Crippen LogP contribution in [0.15, 0.2) is 0 Å². The van der Waals surface area contributed by atoms with E-state index in [0.717, 1.165) is 12.8 Å². The van der Waals surface area contributed by atoms with E-state index >= 15 is 0 Å². The standard InChI is InChI=1S/C15H29ClO3S/c1-2-3-4-5-6-7-8-9-10-11-13-20(18,19)14-12-15(16)17/h2-14H2,1H3. The van der Waals surface area contributed by atoms with Crippen LogP contribution in [0, 0.1) is 0 Å². The maximum absolute atomic E-state index is 11.6. The van der Waals surface area contributed by atoms with Crippen molar-refractivity contribution in [2.24, 2.45) is 0 Å². The highest BCUT2D eigenvalue weighted by molar-refractivity contribution is 7.91. The molecule has 0 bridgehead atoms. The minimum absolute atomic E-state index is 0.0678. The second-order valence-corrected chi connectivity index (χ2v) is 8.16. The number of halogens is 1. The molecule has 0 aliphatic carbocycles. The molecule has 0 spiro atoms. The first kappa shape index (κ1) is 19.9. The van der Waals surface area contributed by atoms with Crippen molar-refractivity contribution in [3.05, 3.63) is 0 Å². The molecule has 0 N–H and O–H groups in total. The highest BCUT2D eigenvalue weighted by atomic mass is 35.5. The number of hydrogen-bond acceptors (Lipinski definition) is 3. The Balaban J connectivity index is 3.37. The van der Waals surface area contributed by atoms with Crippen molar-refractivity contribution in [2.75, 3.05) is 11.5 Å². The van der Waals surface area contributed by atoms with E-state index in [1.165, 1.54) is 44.9 Å². The first-order valence-corrected chi connectivity index (χ1v) is 10.1. The van der Waals surface area contributed by atoms with Gasteiger partial charge in [0.15, 0.2) is 9.84 Å². The van der Waals surface area contributed by atoms with Gasteiger partial charge in [-0.1, -0.05) is 64.7 Å². The van der Waals surface area contributed by atoms with E-state index in [9.17, 15) is 13.2 Å². The Kier molecular flexibility index (Phi) is 12.6. The molecule has 5 heteroatoms. The van der Waals surface area contributed by atoms with Gasteiger partial charge in [0.05, 0.1) is 11.5 Å². The second-order valence-electron chi connectivity index (χ2n) is 5.44. The van der Waals surface area contributed by atoms with Crippen molar-refractivity contribution >= 4 is 26.7 Å².